The van der Waals surface area contributed by atoms with E-state index in [0.29, 0.717) is 29.0 Å². The van der Waals surface area contributed by atoms with E-state index in [1.165, 1.54) is 14.0 Å². The van der Waals surface area contributed by atoms with Crippen molar-refractivity contribution in [2.75, 3.05) is 6.54 Å². The Morgan fingerprint density at radius 1 is 1.09 bits per heavy atom. The number of carbonyl (C=O) groups excluding carboxylic acids is 1. The lowest BCUT2D eigenvalue weighted by molar-refractivity contribution is 0.0950. The number of hydrogen-bond donors (Lipinski definition) is 2. The summed E-state index contributed by atoms with van der Waals surface area (Å²) in [5.74, 6) is -3.21. The second-order valence-corrected chi connectivity index (χ2v) is 8.13. The molecule has 2 N–H and O–H groups in total. The van der Waals surface area contributed by atoms with Crippen LogP contribution in [0.3, 0.4) is 0 Å². The first kappa shape index (κ1) is 23.8. The van der Waals surface area contributed by atoms with Crippen molar-refractivity contribution in [3.8, 4) is 16.9 Å². The molecule has 32 heavy (non-hydrogen) atoms. The Morgan fingerprint density at radius 2 is 1.75 bits per heavy atom. The van der Waals surface area contributed by atoms with E-state index in [1.807, 2.05) is 6.07 Å². The number of nitrogens with zero attached hydrogens (tertiary/aromatic N) is 1. The summed E-state index contributed by atoms with van der Waals surface area (Å²) in [5, 5.41) is 14.0. The maximum atomic E-state index is 13.8. The third-order valence-corrected chi connectivity index (χ3v) is 5.89. The highest BCUT2D eigenvalue weighted by molar-refractivity contribution is 6.42. The van der Waals surface area contributed by atoms with Gasteiger partial charge < -0.3 is 15.0 Å². The molecular formula is C23H20Cl2F2N2O3. The van der Waals surface area contributed by atoms with Crippen LogP contribution in [0.1, 0.15) is 28.0 Å². The van der Waals surface area contributed by atoms with Crippen molar-refractivity contribution >= 4 is 29.1 Å². The van der Waals surface area contributed by atoms with Crippen LogP contribution in [0.5, 0.6) is 5.75 Å². The van der Waals surface area contributed by atoms with Gasteiger partial charge in [0.05, 0.1) is 15.6 Å². The summed E-state index contributed by atoms with van der Waals surface area (Å²) in [4.78, 5) is 25.3. The molecule has 0 aliphatic rings. The molecule has 0 spiro atoms. The number of amides is 1. The first-order valence-electron chi connectivity index (χ1n) is 9.71. The van der Waals surface area contributed by atoms with Crippen LogP contribution in [0.15, 0.2) is 41.2 Å². The fourth-order valence-corrected chi connectivity index (χ4v) is 3.76. The third-order valence-electron chi connectivity index (χ3n) is 5.15. The van der Waals surface area contributed by atoms with E-state index in [9.17, 15) is 23.5 Å². The van der Waals surface area contributed by atoms with Crippen LogP contribution in [0.4, 0.5) is 8.78 Å². The molecule has 3 aromatic rings. The molecule has 0 unspecified atom stereocenters. The Kier molecular flexibility index (Phi) is 7.21. The normalized spacial score (nSPS) is 10.9. The van der Waals surface area contributed by atoms with E-state index in [0.717, 1.165) is 22.3 Å². The molecule has 0 aliphatic heterocycles. The Labute approximate surface area is 193 Å². The van der Waals surface area contributed by atoms with Crippen molar-refractivity contribution < 1.29 is 18.7 Å². The van der Waals surface area contributed by atoms with Crippen LogP contribution in [-0.2, 0) is 13.5 Å². The number of aryl methyl sites for hydroxylation is 1. The van der Waals surface area contributed by atoms with Gasteiger partial charge in [0.25, 0.3) is 11.5 Å². The van der Waals surface area contributed by atoms with E-state index >= 15 is 0 Å². The Morgan fingerprint density at radius 3 is 2.38 bits per heavy atom. The molecule has 168 valence electrons. The van der Waals surface area contributed by atoms with Gasteiger partial charge in [-0.1, -0.05) is 29.3 Å². The predicted molar refractivity (Wildman–Crippen MR) is 121 cm³/mol. The quantitative estimate of drug-likeness (QED) is 0.486. The Hall–Kier alpha value is -2.90. The van der Waals surface area contributed by atoms with Crippen molar-refractivity contribution in [2.24, 2.45) is 7.05 Å². The fraction of sp³-hybridized carbons (Fsp3) is 0.217. The van der Waals surface area contributed by atoms with Crippen LogP contribution in [0, 0.1) is 18.6 Å². The maximum absolute atomic E-state index is 13.8. The van der Waals surface area contributed by atoms with Gasteiger partial charge in [0, 0.05) is 30.9 Å². The van der Waals surface area contributed by atoms with Crippen molar-refractivity contribution in [1.29, 1.82) is 0 Å². The van der Waals surface area contributed by atoms with Crippen LogP contribution >= 0.6 is 23.2 Å². The second-order valence-electron chi connectivity index (χ2n) is 7.31. The van der Waals surface area contributed by atoms with E-state index in [2.05, 4.69) is 5.32 Å². The molecule has 0 fully saturated rings. The summed E-state index contributed by atoms with van der Waals surface area (Å²) >= 11 is 11.9. The minimum Gasteiger partial charge on any atom is -0.502 e. The fourth-order valence-electron chi connectivity index (χ4n) is 3.44. The van der Waals surface area contributed by atoms with E-state index in [1.54, 1.807) is 12.1 Å². The molecule has 0 bridgehead atoms. The molecule has 2 aromatic carbocycles. The van der Waals surface area contributed by atoms with Gasteiger partial charge in [0.2, 0.25) is 0 Å². The number of rotatable bonds is 6. The summed E-state index contributed by atoms with van der Waals surface area (Å²) in [6.45, 7) is 1.75. The largest absolute Gasteiger partial charge is 0.502 e. The van der Waals surface area contributed by atoms with Crippen molar-refractivity contribution in [2.45, 2.75) is 19.8 Å². The van der Waals surface area contributed by atoms with E-state index in [4.69, 9.17) is 23.2 Å². The van der Waals surface area contributed by atoms with Gasteiger partial charge in [-0.3, -0.25) is 9.59 Å². The van der Waals surface area contributed by atoms with Crippen molar-refractivity contribution in [1.82, 2.24) is 9.88 Å². The monoisotopic (exact) mass is 480 g/mol. The second kappa shape index (κ2) is 9.71. The topological polar surface area (TPSA) is 71.3 Å². The number of pyridine rings is 1. The molecule has 9 heteroatoms. The molecule has 1 aromatic heterocycles. The molecule has 0 aliphatic carbocycles. The summed E-state index contributed by atoms with van der Waals surface area (Å²) in [5.41, 5.74) is 0.196. The number of nitrogens with one attached hydrogen (secondary N) is 1. The third kappa shape index (κ3) is 4.95. The van der Waals surface area contributed by atoms with Crippen LogP contribution in [0.2, 0.25) is 10.0 Å². The first-order valence-corrected chi connectivity index (χ1v) is 10.5. The number of hydrogen-bond acceptors (Lipinski definition) is 3. The molecular weight excluding hydrogens is 461 g/mol. The van der Waals surface area contributed by atoms with Crippen LogP contribution < -0.4 is 10.9 Å². The summed E-state index contributed by atoms with van der Waals surface area (Å²) in [7, 11) is 1.40. The average Bonchev–Trinajstić information content (AvgIpc) is 2.73. The first-order chi connectivity index (χ1) is 15.1. The van der Waals surface area contributed by atoms with Crippen LogP contribution in [-0.4, -0.2) is 22.1 Å². The molecule has 0 radical (unpaired) electrons. The lowest BCUT2D eigenvalue weighted by Crippen LogP contribution is -2.30. The highest BCUT2D eigenvalue weighted by Gasteiger charge is 2.25. The highest BCUT2D eigenvalue weighted by atomic mass is 35.5. The van der Waals surface area contributed by atoms with Crippen molar-refractivity contribution in [3.05, 3.63) is 85.3 Å². The lowest BCUT2D eigenvalue weighted by Gasteiger charge is -2.17. The number of carbonyl (C=O) groups is 1. The smallest absolute Gasteiger partial charge is 0.293 e. The van der Waals surface area contributed by atoms with Gasteiger partial charge in [-0.05, 0) is 55.2 Å². The zero-order chi connectivity index (χ0) is 23.6. The summed E-state index contributed by atoms with van der Waals surface area (Å²) < 4.78 is 28.8. The minimum atomic E-state index is -0.847. The molecule has 0 atom stereocenters. The zero-order valence-electron chi connectivity index (χ0n) is 17.3. The Balaban J connectivity index is 1.88. The van der Waals surface area contributed by atoms with E-state index < -0.39 is 28.9 Å². The standard InChI is InChI=1S/C23H20Cl2F2N2O3/c1-12-19(14-9-15(26)11-16(27)10-14)20(21(30)23(32)29(12)2)22(31)28-7-3-4-13-5-6-17(24)18(25)8-13/h5-6,8-11,30H,3-4,7H2,1-2H3,(H,28,31). The molecule has 0 saturated heterocycles. The van der Waals surface area contributed by atoms with Gasteiger partial charge in [0.15, 0.2) is 5.75 Å². The van der Waals surface area contributed by atoms with Gasteiger partial charge in [0.1, 0.15) is 11.6 Å². The van der Waals surface area contributed by atoms with Gasteiger partial charge in [-0.25, -0.2) is 8.78 Å². The number of benzene rings is 2. The SMILES string of the molecule is Cc1c(-c2cc(F)cc(F)c2)c(C(=O)NCCCc2ccc(Cl)c(Cl)c2)c(O)c(=O)n1C. The maximum Gasteiger partial charge on any atom is 0.293 e. The highest BCUT2D eigenvalue weighted by Crippen LogP contribution is 2.32. The molecule has 1 heterocycles. The zero-order valence-corrected chi connectivity index (χ0v) is 18.8. The van der Waals surface area contributed by atoms with Gasteiger partial charge in [-0.15, -0.1) is 0 Å². The molecule has 5 nitrogen and oxygen atoms in total. The number of halogens is 4. The van der Waals surface area contributed by atoms with Gasteiger partial charge in [-0.2, -0.15) is 0 Å². The van der Waals surface area contributed by atoms with E-state index in [-0.39, 0.29) is 28.9 Å². The van der Waals surface area contributed by atoms with Crippen LogP contribution in [0.25, 0.3) is 11.1 Å². The lowest BCUT2D eigenvalue weighted by atomic mass is 9.96. The van der Waals surface area contributed by atoms with Gasteiger partial charge >= 0.3 is 0 Å². The molecule has 1 amide bonds. The molecule has 0 saturated carbocycles. The molecule has 3 rings (SSSR count). The number of aromatic hydroxyl groups is 1. The predicted octanol–water partition coefficient (Wildman–Crippen LogP) is 5.01. The minimum absolute atomic E-state index is 0.0341. The number of aromatic nitrogens is 1. The summed E-state index contributed by atoms with van der Waals surface area (Å²) in [6, 6.07) is 8.01. The Bertz CT molecular complexity index is 1240. The van der Waals surface area contributed by atoms with Crippen molar-refractivity contribution in [3.63, 3.8) is 0 Å². The average molecular weight is 481 g/mol. The summed E-state index contributed by atoms with van der Waals surface area (Å²) in [6.07, 6.45) is 1.14.